The van der Waals surface area contributed by atoms with Gasteiger partial charge in [-0.2, -0.15) is 0 Å². The van der Waals surface area contributed by atoms with Crippen molar-refractivity contribution >= 4 is 17.5 Å². The van der Waals surface area contributed by atoms with Gasteiger partial charge in [-0.05, 0) is 50.3 Å². The number of hydrogen-bond acceptors (Lipinski definition) is 7. The lowest BCUT2D eigenvalue weighted by Gasteiger charge is -2.31. The van der Waals surface area contributed by atoms with Crippen LogP contribution in [0.1, 0.15) is 44.1 Å². The molecule has 2 fully saturated rings. The van der Waals surface area contributed by atoms with Crippen molar-refractivity contribution in [1.82, 2.24) is 15.1 Å². The molecule has 2 N–H and O–H groups in total. The zero-order chi connectivity index (χ0) is 24.1. The van der Waals surface area contributed by atoms with Gasteiger partial charge >= 0.3 is 0 Å². The Kier molecular flexibility index (Phi) is 7.34. The molecule has 4 rings (SSSR count). The van der Waals surface area contributed by atoms with E-state index in [1.165, 1.54) is 0 Å². The molecule has 3 heterocycles. The van der Waals surface area contributed by atoms with E-state index in [2.05, 4.69) is 10.6 Å². The molecule has 34 heavy (non-hydrogen) atoms. The van der Waals surface area contributed by atoms with Crippen molar-refractivity contribution in [3.63, 3.8) is 0 Å². The number of anilines is 1. The van der Waals surface area contributed by atoms with Gasteiger partial charge in [0.15, 0.2) is 5.82 Å². The third-order valence-corrected chi connectivity index (χ3v) is 6.49. The van der Waals surface area contributed by atoms with Gasteiger partial charge in [0.05, 0.1) is 29.7 Å². The summed E-state index contributed by atoms with van der Waals surface area (Å²) in [6, 6.07) is 3.06. The molecule has 2 saturated heterocycles. The van der Waals surface area contributed by atoms with Gasteiger partial charge < -0.3 is 24.9 Å². The minimum absolute atomic E-state index is 0.0337. The van der Waals surface area contributed by atoms with E-state index in [1.54, 1.807) is 23.5 Å². The van der Waals surface area contributed by atoms with E-state index >= 15 is 0 Å². The number of nitrogens with zero attached hydrogens (tertiary/aromatic N) is 3. The van der Waals surface area contributed by atoms with Gasteiger partial charge in [-0.25, -0.2) is 0 Å². The molecule has 10 nitrogen and oxygen atoms in total. The lowest BCUT2D eigenvalue weighted by molar-refractivity contribution is -0.403. The Morgan fingerprint density at radius 2 is 2.00 bits per heavy atom. The van der Waals surface area contributed by atoms with Crippen LogP contribution in [0.15, 0.2) is 41.1 Å². The van der Waals surface area contributed by atoms with Crippen molar-refractivity contribution in [2.75, 3.05) is 31.5 Å². The Hall–Kier alpha value is -3.56. The van der Waals surface area contributed by atoms with Crippen LogP contribution in [0.2, 0.25) is 0 Å². The first-order valence-corrected chi connectivity index (χ1v) is 11.8. The second-order valence-electron chi connectivity index (χ2n) is 8.98. The summed E-state index contributed by atoms with van der Waals surface area (Å²) in [5, 5.41) is 17.6. The summed E-state index contributed by atoms with van der Waals surface area (Å²) in [6.07, 6.45) is 9.12. The number of nitro groups is 1. The summed E-state index contributed by atoms with van der Waals surface area (Å²) in [5.41, 5.74) is 3.35. The largest absolute Gasteiger partial charge is 0.472 e. The zero-order valence-electron chi connectivity index (χ0n) is 19.4. The Labute approximate surface area is 198 Å². The Balaban J connectivity index is 1.52. The quantitative estimate of drug-likeness (QED) is 0.472. The first kappa shape index (κ1) is 23.6. The molecule has 10 heteroatoms. The molecular weight excluding hydrogens is 438 g/mol. The molecule has 0 saturated carbocycles. The average molecular weight is 470 g/mol. The van der Waals surface area contributed by atoms with E-state index in [4.69, 9.17) is 4.42 Å². The molecule has 0 radical (unpaired) electrons. The van der Waals surface area contributed by atoms with Crippen molar-refractivity contribution in [2.45, 2.75) is 51.5 Å². The second kappa shape index (κ2) is 10.6. The molecule has 0 spiro atoms. The predicted molar refractivity (Wildman–Crippen MR) is 127 cm³/mol. The molecule has 4 aliphatic rings. The standard InChI is InChI=1S/C24H31N5O5/c1-17-13-18-16-34-12-8-19(18)23(17)26-21(14-29(32)33)25-20-7-3-2-4-11-28(24(20)31)15-22(30)27-9-5-6-10-27/h8,12-14,16,20,25-26H,2-7,9-11,15H2,1H3. The first-order chi connectivity index (χ1) is 16.4. The smallest absolute Gasteiger partial charge is 0.274 e. The van der Waals surface area contributed by atoms with Gasteiger partial charge in [-0.1, -0.05) is 12.8 Å². The van der Waals surface area contributed by atoms with Crippen molar-refractivity contribution in [1.29, 1.82) is 0 Å². The normalized spacial score (nSPS) is 19.7. The fourth-order valence-electron chi connectivity index (χ4n) is 4.74. The summed E-state index contributed by atoms with van der Waals surface area (Å²) in [6.45, 7) is 3.94. The third-order valence-electron chi connectivity index (χ3n) is 6.49. The van der Waals surface area contributed by atoms with Gasteiger partial charge in [0.1, 0.15) is 6.04 Å². The maximum Gasteiger partial charge on any atom is 0.274 e. The van der Waals surface area contributed by atoms with Crippen molar-refractivity contribution in [3.8, 4) is 11.1 Å². The topological polar surface area (TPSA) is 121 Å². The minimum atomic E-state index is -0.665. The van der Waals surface area contributed by atoms with Crippen LogP contribution in [0.5, 0.6) is 0 Å². The predicted octanol–water partition coefficient (Wildman–Crippen LogP) is 3.16. The van der Waals surface area contributed by atoms with Gasteiger partial charge in [-0.15, -0.1) is 0 Å². The number of nitrogens with one attached hydrogen (secondary N) is 2. The van der Waals surface area contributed by atoms with Crippen LogP contribution in [-0.2, 0) is 9.59 Å². The monoisotopic (exact) mass is 469 g/mol. The third kappa shape index (κ3) is 5.49. The molecule has 1 atom stereocenters. The number of aryl methyl sites for hydroxylation is 1. The molecule has 3 aliphatic heterocycles. The summed E-state index contributed by atoms with van der Waals surface area (Å²) < 4.78 is 5.22. The molecule has 0 aromatic carbocycles. The van der Waals surface area contributed by atoms with Crippen LogP contribution >= 0.6 is 0 Å². The van der Waals surface area contributed by atoms with Crippen LogP contribution < -0.4 is 10.6 Å². The van der Waals surface area contributed by atoms with Gasteiger partial charge in [0.25, 0.3) is 6.20 Å². The lowest BCUT2D eigenvalue weighted by atomic mass is 10.0. The molecule has 2 amide bonds. The van der Waals surface area contributed by atoms with Gasteiger partial charge in [0, 0.05) is 30.8 Å². The Morgan fingerprint density at radius 1 is 1.24 bits per heavy atom. The SMILES string of the molecule is Cc1cc2coccc-2c1NC(=C[N+](=O)[O-])NC1CCCCCN(CC(=O)N2CCCC2)C1=O. The van der Waals surface area contributed by atoms with Crippen molar-refractivity contribution in [2.24, 2.45) is 0 Å². The summed E-state index contributed by atoms with van der Waals surface area (Å²) in [4.78, 5) is 40.3. The van der Waals surface area contributed by atoms with Crippen LogP contribution in [0.25, 0.3) is 11.1 Å². The summed E-state index contributed by atoms with van der Waals surface area (Å²) >= 11 is 0. The van der Waals surface area contributed by atoms with E-state index in [0.29, 0.717) is 18.7 Å². The molecule has 0 aromatic rings. The molecule has 182 valence electrons. The Morgan fingerprint density at radius 3 is 2.76 bits per heavy atom. The number of likely N-dealkylation sites (tertiary alicyclic amines) is 2. The Bertz CT molecular complexity index is 1040. The highest BCUT2D eigenvalue weighted by molar-refractivity contribution is 5.88. The summed E-state index contributed by atoms with van der Waals surface area (Å²) in [7, 11) is 0. The molecule has 0 bridgehead atoms. The number of rotatable bonds is 7. The number of carbonyl (C=O) groups excluding carboxylic acids is 2. The highest BCUT2D eigenvalue weighted by Gasteiger charge is 2.30. The maximum absolute atomic E-state index is 13.4. The zero-order valence-corrected chi connectivity index (χ0v) is 19.4. The average Bonchev–Trinajstić information content (AvgIpc) is 3.44. The minimum Gasteiger partial charge on any atom is -0.472 e. The van der Waals surface area contributed by atoms with Crippen LogP contribution in [-0.4, -0.2) is 58.8 Å². The molecule has 0 aromatic heterocycles. The second-order valence-corrected chi connectivity index (χ2v) is 8.98. The van der Waals surface area contributed by atoms with E-state index in [9.17, 15) is 19.7 Å². The maximum atomic E-state index is 13.4. The van der Waals surface area contributed by atoms with Crippen LogP contribution in [0.4, 0.5) is 5.69 Å². The van der Waals surface area contributed by atoms with Gasteiger partial charge in [-0.3, -0.25) is 19.7 Å². The molecule has 1 unspecified atom stereocenters. The van der Waals surface area contributed by atoms with E-state index in [-0.39, 0.29) is 24.2 Å². The van der Waals surface area contributed by atoms with Gasteiger partial charge in [0.2, 0.25) is 11.8 Å². The van der Waals surface area contributed by atoms with Crippen molar-refractivity contribution in [3.05, 3.63) is 52.4 Å². The highest BCUT2D eigenvalue weighted by atomic mass is 16.6. The number of carbonyl (C=O) groups is 2. The first-order valence-electron chi connectivity index (χ1n) is 11.8. The fraction of sp³-hybridized carbons (Fsp3) is 0.500. The highest BCUT2D eigenvalue weighted by Crippen LogP contribution is 2.36. The van der Waals surface area contributed by atoms with Crippen molar-refractivity contribution < 1.29 is 18.9 Å². The van der Waals surface area contributed by atoms with E-state index in [0.717, 1.165) is 68.1 Å². The number of fused-ring (bicyclic) bond motifs is 1. The lowest BCUT2D eigenvalue weighted by Crippen LogP contribution is -2.51. The van der Waals surface area contributed by atoms with E-state index in [1.807, 2.05) is 17.9 Å². The summed E-state index contributed by atoms with van der Waals surface area (Å²) in [5.74, 6) is -0.106. The van der Waals surface area contributed by atoms with Crippen LogP contribution in [0, 0.1) is 17.0 Å². The van der Waals surface area contributed by atoms with E-state index < -0.39 is 11.0 Å². The van der Waals surface area contributed by atoms with Crippen LogP contribution in [0.3, 0.4) is 0 Å². The molecular formula is C24H31N5O5. The number of amides is 2. The molecule has 1 aliphatic carbocycles. The fourth-order valence-corrected chi connectivity index (χ4v) is 4.74. The number of hydrogen-bond donors (Lipinski definition) is 2.